The van der Waals surface area contributed by atoms with Gasteiger partial charge in [0.25, 0.3) is 0 Å². The van der Waals surface area contributed by atoms with Crippen molar-refractivity contribution in [1.29, 1.82) is 0 Å². The minimum atomic E-state index is -0.477. The maximum Gasteiger partial charge on any atom is 0.111 e. The normalized spacial score (nSPS) is 12.9. The third-order valence-electron chi connectivity index (χ3n) is 2.49. The lowest BCUT2D eigenvalue weighted by molar-refractivity contribution is 0.175. The van der Waals surface area contributed by atoms with Crippen molar-refractivity contribution >= 4 is 27.3 Å². The van der Waals surface area contributed by atoms with E-state index in [4.69, 9.17) is 0 Å². The second kappa shape index (κ2) is 5.12. The van der Waals surface area contributed by atoms with Crippen LogP contribution in [0.15, 0.2) is 27.6 Å². The van der Waals surface area contributed by atoms with E-state index in [9.17, 15) is 5.11 Å². The summed E-state index contributed by atoms with van der Waals surface area (Å²) in [7, 11) is 0. The van der Waals surface area contributed by atoms with Gasteiger partial charge in [-0.3, -0.25) is 0 Å². The molecule has 3 nitrogen and oxygen atoms in total. The number of aliphatic hydroxyl groups excluding tert-OH is 1. The van der Waals surface area contributed by atoms with Crippen molar-refractivity contribution in [2.45, 2.75) is 26.0 Å². The summed E-state index contributed by atoms with van der Waals surface area (Å²) in [6.07, 6.45) is 3.79. The van der Waals surface area contributed by atoms with Crippen LogP contribution in [0.5, 0.6) is 0 Å². The third kappa shape index (κ3) is 2.53. The van der Waals surface area contributed by atoms with Crippen molar-refractivity contribution in [3.8, 4) is 0 Å². The van der Waals surface area contributed by atoms with Crippen LogP contribution in [0.3, 0.4) is 0 Å². The van der Waals surface area contributed by atoms with Gasteiger partial charge in [0.15, 0.2) is 0 Å². The van der Waals surface area contributed by atoms with E-state index in [1.165, 1.54) is 0 Å². The van der Waals surface area contributed by atoms with E-state index in [1.807, 2.05) is 22.2 Å². The number of hydrogen-bond donors (Lipinski definition) is 1. The first-order valence-corrected chi connectivity index (χ1v) is 6.80. The average Bonchev–Trinajstić information content (AvgIpc) is 2.86. The Kier molecular flexibility index (Phi) is 3.78. The number of aromatic nitrogens is 2. The first-order chi connectivity index (χ1) is 7.70. The number of aliphatic hydroxyl groups is 1. The van der Waals surface area contributed by atoms with Crippen LogP contribution in [0.4, 0.5) is 0 Å². The Balaban J connectivity index is 2.10. The number of aryl methyl sites for hydroxylation is 1. The number of hydrogen-bond acceptors (Lipinski definition) is 3. The monoisotopic (exact) mass is 300 g/mol. The maximum atomic E-state index is 10.1. The summed E-state index contributed by atoms with van der Waals surface area (Å²) in [5, 5.41) is 12.0. The molecule has 0 aliphatic heterocycles. The molecule has 5 heteroatoms. The Labute approximate surface area is 107 Å². The van der Waals surface area contributed by atoms with Gasteiger partial charge in [-0.05, 0) is 39.9 Å². The molecular formula is C11H13BrN2OS. The first kappa shape index (κ1) is 11.8. The van der Waals surface area contributed by atoms with Gasteiger partial charge in [-0.2, -0.15) is 0 Å². The van der Waals surface area contributed by atoms with Crippen LogP contribution < -0.4 is 0 Å². The molecule has 16 heavy (non-hydrogen) atoms. The van der Waals surface area contributed by atoms with E-state index < -0.39 is 6.10 Å². The Hall–Kier alpha value is -0.650. The quantitative estimate of drug-likeness (QED) is 0.942. The van der Waals surface area contributed by atoms with Gasteiger partial charge >= 0.3 is 0 Å². The van der Waals surface area contributed by atoms with Crippen molar-refractivity contribution in [3.63, 3.8) is 0 Å². The summed E-state index contributed by atoms with van der Waals surface area (Å²) in [6.45, 7) is 2.95. The minimum Gasteiger partial charge on any atom is -0.388 e. The average molecular weight is 301 g/mol. The summed E-state index contributed by atoms with van der Waals surface area (Å²) < 4.78 is 3.09. The molecule has 2 heterocycles. The number of nitrogens with zero attached hydrogens (tertiary/aromatic N) is 2. The highest BCUT2D eigenvalue weighted by Gasteiger charge is 2.13. The highest BCUT2D eigenvalue weighted by molar-refractivity contribution is 9.11. The summed E-state index contributed by atoms with van der Waals surface area (Å²) in [5.74, 6) is 0.928. The molecule has 0 amide bonds. The molecule has 1 N–H and O–H groups in total. The molecule has 0 saturated heterocycles. The van der Waals surface area contributed by atoms with Gasteiger partial charge in [0.2, 0.25) is 0 Å². The van der Waals surface area contributed by atoms with Gasteiger partial charge in [-0.15, -0.1) is 11.3 Å². The van der Waals surface area contributed by atoms with Crippen LogP contribution in [0.1, 0.15) is 24.4 Å². The largest absolute Gasteiger partial charge is 0.388 e. The molecule has 0 bridgehead atoms. The Morgan fingerprint density at radius 2 is 2.44 bits per heavy atom. The van der Waals surface area contributed by atoms with Gasteiger partial charge in [-0.25, -0.2) is 4.98 Å². The Morgan fingerprint density at radius 3 is 3.06 bits per heavy atom. The fourth-order valence-electron chi connectivity index (χ4n) is 1.61. The Morgan fingerprint density at radius 1 is 1.62 bits per heavy atom. The smallest absolute Gasteiger partial charge is 0.111 e. The van der Waals surface area contributed by atoms with Gasteiger partial charge in [-0.1, -0.05) is 0 Å². The molecule has 0 radical (unpaired) electrons. The van der Waals surface area contributed by atoms with Crippen LogP contribution in [-0.4, -0.2) is 14.7 Å². The molecule has 1 unspecified atom stereocenters. The number of rotatable bonds is 4. The van der Waals surface area contributed by atoms with Gasteiger partial charge in [0.05, 0.1) is 9.89 Å². The molecule has 0 aromatic carbocycles. The lowest BCUT2D eigenvalue weighted by Crippen LogP contribution is -2.07. The number of halogens is 1. The topological polar surface area (TPSA) is 38.0 Å². The fourth-order valence-corrected chi connectivity index (χ4v) is 2.83. The third-order valence-corrected chi connectivity index (χ3v) is 4.01. The van der Waals surface area contributed by atoms with E-state index in [0.717, 1.165) is 21.7 Å². The van der Waals surface area contributed by atoms with Crippen LogP contribution in [0, 0.1) is 0 Å². The van der Waals surface area contributed by atoms with Crippen LogP contribution in [0.2, 0.25) is 0 Å². The molecule has 86 valence electrons. The molecular weight excluding hydrogens is 288 g/mol. The number of imidazole rings is 1. The van der Waals surface area contributed by atoms with Gasteiger partial charge in [0.1, 0.15) is 5.82 Å². The summed E-state index contributed by atoms with van der Waals surface area (Å²) in [5.41, 5.74) is 0.947. The van der Waals surface area contributed by atoms with E-state index in [-0.39, 0.29) is 0 Å². The van der Waals surface area contributed by atoms with E-state index >= 15 is 0 Å². The molecule has 2 rings (SSSR count). The zero-order valence-electron chi connectivity index (χ0n) is 8.93. The molecule has 0 fully saturated rings. The zero-order valence-corrected chi connectivity index (χ0v) is 11.3. The molecule has 0 aliphatic carbocycles. The summed E-state index contributed by atoms with van der Waals surface area (Å²) in [4.78, 5) is 4.25. The molecule has 0 spiro atoms. The van der Waals surface area contributed by atoms with Crippen molar-refractivity contribution in [2.75, 3.05) is 0 Å². The number of thiophene rings is 1. The summed E-state index contributed by atoms with van der Waals surface area (Å²) in [6, 6.07) is 1.95. The zero-order chi connectivity index (χ0) is 11.5. The van der Waals surface area contributed by atoms with Gasteiger partial charge < -0.3 is 9.67 Å². The molecule has 2 aromatic heterocycles. The van der Waals surface area contributed by atoms with Gasteiger partial charge in [0, 0.05) is 25.4 Å². The Bertz CT molecular complexity index is 466. The van der Waals surface area contributed by atoms with Crippen molar-refractivity contribution < 1.29 is 5.11 Å². The highest BCUT2D eigenvalue weighted by atomic mass is 79.9. The molecule has 1 atom stereocenters. The lowest BCUT2D eigenvalue weighted by atomic mass is 10.1. The maximum absolute atomic E-state index is 10.1. The standard InChI is InChI=1S/C11H13BrN2OS/c1-2-14-4-3-13-11(14)6-9(15)8-5-10(12)16-7-8/h3-5,7,9,15H,2,6H2,1H3. The minimum absolute atomic E-state index is 0.477. The predicted molar refractivity (Wildman–Crippen MR) is 68.6 cm³/mol. The molecule has 0 saturated carbocycles. The second-order valence-electron chi connectivity index (χ2n) is 3.53. The fraction of sp³-hybridized carbons (Fsp3) is 0.364. The van der Waals surface area contributed by atoms with Crippen LogP contribution in [-0.2, 0) is 13.0 Å². The van der Waals surface area contributed by atoms with E-state index in [2.05, 4.69) is 27.8 Å². The predicted octanol–water partition coefficient (Wildman–Crippen LogP) is 3.00. The summed E-state index contributed by atoms with van der Waals surface area (Å²) >= 11 is 4.98. The van der Waals surface area contributed by atoms with E-state index in [0.29, 0.717) is 6.42 Å². The van der Waals surface area contributed by atoms with Crippen molar-refractivity contribution in [1.82, 2.24) is 9.55 Å². The molecule has 2 aromatic rings. The van der Waals surface area contributed by atoms with Crippen LogP contribution in [0.25, 0.3) is 0 Å². The van der Waals surface area contributed by atoms with Crippen molar-refractivity contribution in [2.24, 2.45) is 0 Å². The lowest BCUT2D eigenvalue weighted by Gasteiger charge is -2.09. The molecule has 0 aliphatic rings. The SMILES string of the molecule is CCn1ccnc1CC(O)c1csc(Br)c1. The van der Waals surface area contributed by atoms with Crippen LogP contribution >= 0.6 is 27.3 Å². The van der Waals surface area contributed by atoms with E-state index in [1.54, 1.807) is 17.5 Å². The first-order valence-electron chi connectivity index (χ1n) is 5.12. The van der Waals surface area contributed by atoms with Crippen molar-refractivity contribution in [3.05, 3.63) is 39.0 Å². The second-order valence-corrected chi connectivity index (χ2v) is 5.82. The highest BCUT2D eigenvalue weighted by Crippen LogP contribution is 2.26.